The first kappa shape index (κ1) is 86.3. The van der Waals surface area contributed by atoms with Crippen LogP contribution in [0.3, 0.4) is 0 Å². The molecule has 0 aromatic carbocycles. The average Bonchev–Trinajstić information content (AvgIpc) is 0.855. The summed E-state index contributed by atoms with van der Waals surface area (Å²) in [4.78, 5) is 27.8. The lowest BCUT2D eigenvalue weighted by Crippen LogP contribution is -2.47. The molecule has 21 nitrogen and oxygen atoms in total. The van der Waals surface area contributed by atoms with Crippen LogP contribution in [-0.4, -0.2) is 227 Å². The van der Waals surface area contributed by atoms with Crippen LogP contribution in [-0.2, 0) is 57.0 Å². The molecule has 5 aliphatic rings. The van der Waals surface area contributed by atoms with Crippen LogP contribution < -0.4 is 0 Å². The van der Waals surface area contributed by atoms with E-state index in [2.05, 4.69) is 0 Å². The van der Waals surface area contributed by atoms with E-state index in [1.807, 2.05) is 78.8 Å². The van der Waals surface area contributed by atoms with E-state index < -0.39 is 151 Å². The Bertz CT molecular complexity index is 2520. The Hall–Kier alpha value is -3.30. The van der Waals surface area contributed by atoms with E-state index in [-0.39, 0.29) is 93.6 Å². The Labute approximate surface area is 592 Å². The predicted octanol–water partition coefficient (Wildman–Crippen LogP) is 9.08. The first-order valence-corrected chi connectivity index (χ1v) is 37.1. The number of allylic oxidation sites excluding steroid dienone is 4. The van der Waals surface area contributed by atoms with Crippen molar-refractivity contribution in [1.82, 2.24) is 0 Å². The van der Waals surface area contributed by atoms with Crippen molar-refractivity contribution in [1.29, 1.82) is 0 Å². The molecule has 5 rings (SSSR count). The summed E-state index contributed by atoms with van der Waals surface area (Å²) in [5.74, 6) is -6.08. The number of ether oxygens (including phenoxy) is 10. The maximum atomic E-state index is 13.9. The van der Waals surface area contributed by atoms with Gasteiger partial charge >= 0.3 is 11.9 Å². The monoisotopic (exact) mass is 1400 g/mol. The summed E-state index contributed by atoms with van der Waals surface area (Å²) in [5, 5.41) is 106. The van der Waals surface area contributed by atoms with Gasteiger partial charge in [-0.05, 0) is 117 Å². The summed E-state index contributed by atoms with van der Waals surface area (Å²) >= 11 is 0. The third-order valence-electron chi connectivity index (χ3n) is 22.3. The molecular weight excluding hydrogens is 1270 g/mol. The second kappa shape index (κ2) is 43.2. The van der Waals surface area contributed by atoms with E-state index >= 15 is 0 Å². The molecule has 5 heterocycles. The van der Waals surface area contributed by atoms with Crippen LogP contribution in [0.25, 0.3) is 0 Å². The Morgan fingerprint density at radius 2 is 0.889 bits per heavy atom. The van der Waals surface area contributed by atoms with Crippen molar-refractivity contribution in [3.05, 3.63) is 71.9 Å². The van der Waals surface area contributed by atoms with E-state index in [0.29, 0.717) is 62.5 Å². The molecule has 9 N–H and O–H groups in total. The number of aliphatic hydroxyl groups is 9. The Balaban J connectivity index is 1.37. The third-order valence-corrected chi connectivity index (χ3v) is 22.3. The lowest BCUT2D eigenvalue weighted by atomic mass is 9.78. The van der Waals surface area contributed by atoms with Gasteiger partial charge in [0.1, 0.15) is 12.2 Å². The first-order valence-electron chi connectivity index (χ1n) is 37.1. The quantitative estimate of drug-likeness (QED) is 0.0514. The van der Waals surface area contributed by atoms with Gasteiger partial charge in [-0.15, -0.1) is 0 Å². The number of rotatable bonds is 16. The smallest absolute Gasteiger partial charge is 0.331 e. The minimum absolute atomic E-state index is 0.0334. The molecule has 2 saturated heterocycles. The maximum absolute atomic E-state index is 13.9. The molecule has 0 unspecified atom stereocenters. The van der Waals surface area contributed by atoms with Crippen LogP contribution in [0.15, 0.2) is 71.9 Å². The highest BCUT2D eigenvalue weighted by Crippen LogP contribution is 2.37. The van der Waals surface area contributed by atoms with Gasteiger partial charge in [-0.25, -0.2) is 9.59 Å². The van der Waals surface area contributed by atoms with Gasteiger partial charge in [0, 0.05) is 108 Å². The molecule has 570 valence electrons. The van der Waals surface area contributed by atoms with E-state index in [1.54, 1.807) is 81.3 Å². The molecule has 99 heavy (non-hydrogen) atoms. The standard InChI is InChI=1S/C78H132O21/c1-44-23-28-56(79)36-58-20-18-22-61(97-58)40-71(93-16)51(8)66(82)43-68(84)53(10)78(55(12)76(89)47(4)33-69(85)72-41-64(91-14)35-49(6)95-72)99-74(87)32-26-45(2)24-29-57(80)37-59-19-17-21-60(96-59)39-70(92-15)50(7)65(81)42-67(83)52(9)77(98-73(86)31-25-44)54(11)75(88)46(3)27-30-62-38-63(90-13)34-48(5)94-62/h17-20,23-26,31-32,46-72,75-85,88-89H,21-22,27-30,33-43H2,1-16H3/b31-25+,32-26+,44-23+,45-24-/t46-,47-,48-,49-,50-,51-,52-,53-,54-,55-,56-,57-,58+,59+,60-,61-,62-,63+,64+,65-,66-,67+,68+,69-,70-,71-,72+,75-,76-,77+,78-/m0/s1. The molecule has 0 aliphatic carbocycles. The van der Waals surface area contributed by atoms with Gasteiger partial charge in [-0.1, -0.05) is 115 Å². The lowest BCUT2D eigenvalue weighted by Gasteiger charge is -2.39. The summed E-state index contributed by atoms with van der Waals surface area (Å²) in [7, 11) is 6.48. The third kappa shape index (κ3) is 28.3. The van der Waals surface area contributed by atoms with Gasteiger partial charge in [0.15, 0.2) is 0 Å². The Kier molecular flexibility index (Phi) is 37.7. The second-order valence-electron chi connectivity index (χ2n) is 30.5. The highest BCUT2D eigenvalue weighted by molar-refractivity contribution is 5.83. The number of esters is 2. The zero-order chi connectivity index (χ0) is 73.4. The molecule has 2 fully saturated rings. The van der Waals surface area contributed by atoms with E-state index in [1.165, 1.54) is 12.2 Å². The molecule has 0 aromatic rings. The fourth-order valence-corrected chi connectivity index (χ4v) is 15.4. The molecule has 31 atom stereocenters. The van der Waals surface area contributed by atoms with Gasteiger partial charge < -0.3 is 93.3 Å². The van der Waals surface area contributed by atoms with Crippen LogP contribution in [0.2, 0.25) is 0 Å². The summed E-state index contributed by atoms with van der Waals surface area (Å²) in [6.45, 7) is 22.1. The molecule has 0 saturated carbocycles. The van der Waals surface area contributed by atoms with Crippen LogP contribution >= 0.6 is 0 Å². The van der Waals surface area contributed by atoms with Gasteiger partial charge in [0.05, 0.1) is 128 Å². The second-order valence-corrected chi connectivity index (χ2v) is 30.5. The number of carbonyl (C=O) groups is 2. The molecule has 5 aliphatic heterocycles. The topological polar surface area (TPSA) is 309 Å². The van der Waals surface area contributed by atoms with E-state index in [9.17, 15) is 55.5 Å². The van der Waals surface area contributed by atoms with E-state index in [0.717, 1.165) is 12.8 Å². The SMILES string of the molecule is CO[C@@H]1C[C@H](C)O[C@@H]([C@@H](O)C[C@H](C)[C@H](O)[C@H](C)[C@H]2OC(=O)/C=C/C(C)=C\C[C@H](O)C[C@H]3C=CC[C@@H](C[C@H](OC)[C@@H](C)[C@@H](O)C[C@@H](O)[C@H](C)[C@H]([C@@H](C)[C@@H](O)[C@@H](C)CC[C@H]4C[C@H](OC)C[C@H](C)O4)OC(=O)/C=C/C(C)=C/C[C@H](O)C[C@H]4C=CC[C@@H](C[C@H](OC)[C@@H](C)[C@@H](O)C[C@@H](O)[C@@H]2C)O4)O3)C1. The van der Waals surface area contributed by atoms with E-state index in [4.69, 9.17) is 47.4 Å². The number of methoxy groups -OCH3 is 4. The van der Waals surface area contributed by atoms with Crippen molar-refractivity contribution >= 4 is 11.9 Å². The van der Waals surface area contributed by atoms with Crippen LogP contribution in [0.5, 0.6) is 0 Å². The van der Waals surface area contributed by atoms with Crippen LogP contribution in [0, 0.1) is 47.3 Å². The normalized spacial score (nSPS) is 41.1. The highest BCUT2D eigenvalue weighted by Gasteiger charge is 2.43. The van der Waals surface area contributed by atoms with Gasteiger partial charge in [0.2, 0.25) is 0 Å². The van der Waals surface area contributed by atoms with Crippen molar-refractivity contribution < 1.29 is 103 Å². The fourth-order valence-electron chi connectivity index (χ4n) is 15.4. The predicted molar refractivity (Wildman–Crippen MR) is 379 cm³/mol. The van der Waals surface area contributed by atoms with Crippen LogP contribution in [0.1, 0.15) is 192 Å². The van der Waals surface area contributed by atoms with Gasteiger partial charge in [-0.2, -0.15) is 0 Å². The van der Waals surface area contributed by atoms with Crippen molar-refractivity contribution in [3.8, 4) is 0 Å². The summed E-state index contributed by atoms with van der Waals surface area (Å²) in [6.07, 6.45) is 9.95. The highest BCUT2D eigenvalue weighted by atomic mass is 16.6. The Morgan fingerprint density at radius 1 is 0.475 bits per heavy atom. The molecule has 4 bridgehead atoms. The fraction of sp³-hybridized carbons (Fsp3) is 0.821. The summed E-state index contributed by atoms with van der Waals surface area (Å²) < 4.78 is 61.1. The molecule has 21 heteroatoms. The molecule has 0 radical (unpaired) electrons. The number of carbonyl (C=O) groups excluding carboxylic acids is 2. The average molecular weight is 1410 g/mol. The number of hydrogen-bond acceptors (Lipinski definition) is 21. The lowest BCUT2D eigenvalue weighted by molar-refractivity contribution is -0.160. The summed E-state index contributed by atoms with van der Waals surface area (Å²) in [6, 6.07) is 0. The minimum Gasteiger partial charge on any atom is -0.458 e. The van der Waals surface area contributed by atoms with Crippen molar-refractivity contribution in [3.63, 3.8) is 0 Å². The Morgan fingerprint density at radius 3 is 1.32 bits per heavy atom. The van der Waals surface area contributed by atoms with Crippen molar-refractivity contribution in [2.45, 2.75) is 333 Å². The zero-order valence-corrected chi connectivity index (χ0v) is 62.6. The number of cyclic esters (lactones) is 2. The molecule has 0 aromatic heterocycles. The molecular formula is C78H132O21. The first-order chi connectivity index (χ1) is 46.8. The molecule has 0 amide bonds. The summed E-state index contributed by atoms with van der Waals surface area (Å²) in [5.41, 5.74) is 1.35. The minimum atomic E-state index is -1.22. The number of fused-ring (bicyclic) bond motifs is 4. The van der Waals surface area contributed by atoms with Crippen molar-refractivity contribution in [2.75, 3.05) is 28.4 Å². The largest absolute Gasteiger partial charge is 0.458 e. The van der Waals surface area contributed by atoms with Gasteiger partial charge in [0.25, 0.3) is 0 Å². The number of aliphatic hydroxyl groups excluding tert-OH is 9. The number of hydrogen-bond donors (Lipinski definition) is 9. The zero-order valence-electron chi connectivity index (χ0n) is 62.6. The van der Waals surface area contributed by atoms with Crippen molar-refractivity contribution in [2.24, 2.45) is 47.3 Å². The maximum Gasteiger partial charge on any atom is 0.331 e. The molecule has 0 spiro atoms. The van der Waals surface area contributed by atoms with Gasteiger partial charge in [-0.3, -0.25) is 0 Å². The van der Waals surface area contributed by atoms with Crippen LogP contribution in [0.4, 0.5) is 0 Å².